The van der Waals surface area contributed by atoms with E-state index in [1.165, 1.54) is 18.3 Å². The quantitative estimate of drug-likeness (QED) is 0.338. The number of aromatic hydroxyl groups is 3. The second-order valence-electron chi connectivity index (χ2n) is 5.12. The third kappa shape index (κ3) is 2.98. The number of phenols is 3. The Hall–Kier alpha value is -3.54. The minimum absolute atomic E-state index is 0.0342. The SMILES string of the molecule is O=C(NN=Cc1c(O)ccc2ccccc12)c1cc(O)ccc1O. The zero-order valence-corrected chi connectivity index (χ0v) is 12.5. The van der Waals surface area contributed by atoms with Crippen molar-refractivity contribution in [3.63, 3.8) is 0 Å². The number of carbonyl (C=O) groups excluding carboxylic acids is 1. The Morgan fingerprint density at radius 2 is 1.71 bits per heavy atom. The van der Waals surface area contributed by atoms with Crippen LogP contribution in [0.25, 0.3) is 10.8 Å². The van der Waals surface area contributed by atoms with E-state index in [0.717, 1.165) is 16.8 Å². The molecule has 0 saturated heterocycles. The molecule has 6 nitrogen and oxygen atoms in total. The van der Waals surface area contributed by atoms with Gasteiger partial charge in [-0.05, 0) is 35.0 Å². The summed E-state index contributed by atoms with van der Waals surface area (Å²) in [5.74, 6) is -1.06. The molecule has 0 aliphatic carbocycles. The summed E-state index contributed by atoms with van der Waals surface area (Å²) in [6.07, 6.45) is 1.33. The van der Waals surface area contributed by atoms with E-state index in [2.05, 4.69) is 10.5 Å². The van der Waals surface area contributed by atoms with Gasteiger partial charge in [0.25, 0.3) is 5.91 Å². The zero-order chi connectivity index (χ0) is 17.1. The fourth-order valence-electron chi connectivity index (χ4n) is 2.34. The van der Waals surface area contributed by atoms with E-state index in [1.807, 2.05) is 24.3 Å². The molecule has 1 amide bonds. The van der Waals surface area contributed by atoms with Crippen LogP contribution in [0, 0.1) is 0 Å². The molecule has 6 heteroatoms. The fourth-order valence-corrected chi connectivity index (χ4v) is 2.34. The molecule has 0 spiro atoms. The summed E-state index contributed by atoms with van der Waals surface area (Å²) in [4.78, 5) is 12.0. The molecule has 0 radical (unpaired) electrons. The molecule has 0 atom stereocenters. The monoisotopic (exact) mass is 322 g/mol. The van der Waals surface area contributed by atoms with Gasteiger partial charge < -0.3 is 15.3 Å². The minimum Gasteiger partial charge on any atom is -0.508 e. The summed E-state index contributed by atoms with van der Waals surface area (Å²) < 4.78 is 0. The Morgan fingerprint density at radius 3 is 2.54 bits per heavy atom. The van der Waals surface area contributed by atoms with Crippen LogP contribution in [0.3, 0.4) is 0 Å². The molecule has 0 bridgehead atoms. The average Bonchev–Trinajstić information content (AvgIpc) is 2.59. The molecule has 0 aliphatic heterocycles. The first kappa shape index (κ1) is 15.4. The summed E-state index contributed by atoms with van der Waals surface area (Å²) in [5.41, 5.74) is 2.62. The lowest BCUT2D eigenvalue weighted by Crippen LogP contribution is -2.17. The van der Waals surface area contributed by atoms with Gasteiger partial charge in [0.15, 0.2) is 0 Å². The van der Waals surface area contributed by atoms with Crippen molar-refractivity contribution in [2.45, 2.75) is 0 Å². The molecule has 0 unspecified atom stereocenters. The maximum Gasteiger partial charge on any atom is 0.275 e. The van der Waals surface area contributed by atoms with E-state index >= 15 is 0 Å². The number of hydrogen-bond donors (Lipinski definition) is 4. The van der Waals surface area contributed by atoms with Gasteiger partial charge in [-0.1, -0.05) is 30.3 Å². The van der Waals surface area contributed by atoms with Crippen molar-refractivity contribution in [3.8, 4) is 17.2 Å². The highest BCUT2D eigenvalue weighted by Crippen LogP contribution is 2.25. The van der Waals surface area contributed by atoms with Crippen molar-refractivity contribution < 1.29 is 20.1 Å². The highest BCUT2D eigenvalue weighted by atomic mass is 16.3. The number of amides is 1. The van der Waals surface area contributed by atoms with Crippen LogP contribution in [-0.2, 0) is 0 Å². The van der Waals surface area contributed by atoms with Gasteiger partial charge in [0.1, 0.15) is 17.2 Å². The van der Waals surface area contributed by atoms with Crippen LogP contribution >= 0.6 is 0 Å². The van der Waals surface area contributed by atoms with E-state index < -0.39 is 5.91 Å². The zero-order valence-electron chi connectivity index (χ0n) is 12.5. The summed E-state index contributed by atoms with van der Waals surface area (Å²) in [6, 6.07) is 14.4. The van der Waals surface area contributed by atoms with Gasteiger partial charge in [0.2, 0.25) is 0 Å². The highest BCUT2D eigenvalue weighted by molar-refractivity contribution is 6.03. The van der Waals surface area contributed by atoms with Gasteiger partial charge >= 0.3 is 0 Å². The summed E-state index contributed by atoms with van der Waals surface area (Å²) in [6.45, 7) is 0. The van der Waals surface area contributed by atoms with Crippen molar-refractivity contribution in [1.82, 2.24) is 5.43 Å². The first-order valence-electron chi connectivity index (χ1n) is 7.12. The molecule has 3 aromatic rings. The van der Waals surface area contributed by atoms with Crippen molar-refractivity contribution in [3.05, 3.63) is 65.7 Å². The smallest absolute Gasteiger partial charge is 0.275 e. The third-order valence-corrected chi connectivity index (χ3v) is 3.53. The van der Waals surface area contributed by atoms with Crippen molar-refractivity contribution >= 4 is 22.9 Å². The Morgan fingerprint density at radius 1 is 0.958 bits per heavy atom. The predicted molar refractivity (Wildman–Crippen MR) is 90.4 cm³/mol. The second kappa shape index (κ2) is 6.29. The van der Waals surface area contributed by atoms with E-state index in [1.54, 1.807) is 12.1 Å². The molecule has 3 aromatic carbocycles. The van der Waals surface area contributed by atoms with Gasteiger partial charge in [-0.3, -0.25) is 4.79 Å². The van der Waals surface area contributed by atoms with E-state index in [4.69, 9.17) is 0 Å². The van der Waals surface area contributed by atoms with Crippen LogP contribution in [0.4, 0.5) is 0 Å². The van der Waals surface area contributed by atoms with Gasteiger partial charge in [0.05, 0.1) is 11.8 Å². The van der Waals surface area contributed by atoms with Crippen LogP contribution < -0.4 is 5.43 Å². The maximum atomic E-state index is 12.0. The maximum absolute atomic E-state index is 12.0. The standard InChI is InChI=1S/C18H14N2O4/c21-12-6-8-16(22)14(9-12)18(24)20-19-10-15-13-4-2-1-3-11(13)5-7-17(15)23/h1-10,21-23H,(H,20,24). The third-order valence-electron chi connectivity index (χ3n) is 3.53. The Bertz CT molecular complexity index is 951. The molecule has 4 N–H and O–H groups in total. The summed E-state index contributed by atoms with van der Waals surface area (Å²) in [7, 11) is 0. The minimum atomic E-state index is -0.681. The lowest BCUT2D eigenvalue weighted by molar-refractivity contribution is 0.0952. The highest BCUT2D eigenvalue weighted by Gasteiger charge is 2.11. The van der Waals surface area contributed by atoms with E-state index in [-0.39, 0.29) is 22.8 Å². The molecule has 24 heavy (non-hydrogen) atoms. The fraction of sp³-hybridized carbons (Fsp3) is 0. The molecular formula is C18H14N2O4. The predicted octanol–water partition coefficient (Wildman–Crippen LogP) is 2.72. The van der Waals surface area contributed by atoms with Gasteiger partial charge in [-0.25, -0.2) is 5.43 Å². The normalized spacial score (nSPS) is 11.0. The van der Waals surface area contributed by atoms with Crippen LogP contribution in [0.15, 0.2) is 59.7 Å². The number of benzene rings is 3. The number of fused-ring (bicyclic) bond motifs is 1. The van der Waals surface area contributed by atoms with Crippen molar-refractivity contribution in [1.29, 1.82) is 0 Å². The lowest BCUT2D eigenvalue weighted by atomic mass is 10.0. The van der Waals surface area contributed by atoms with Gasteiger partial charge in [0, 0.05) is 5.56 Å². The number of nitrogens with one attached hydrogen (secondary N) is 1. The number of rotatable bonds is 3. The van der Waals surface area contributed by atoms with Crippen LogP contribution in [0.2, 0.25) is 0 Å². The van der Waals surface area contributed by atoms with Crippen LogP contribution in [0.1, 0.15) is 15.9 Å². The number of hydrazone groups is 1. The number of hydrogen-bond acceptors (Lipinski definition) is 5. The molecular weight excluding hydrogens is 308 g/mol. The Labute approximate surface area is 137 Å². The van der Waals surface area contributed by atoms with Gasteiger partial charge in [-0.2, -0.15) is 5.10 Å². The van der Waals surface area contributed by atoms with Crippen molar-refractivity contribution in [2.75, 3.05) is 0 Å². The lowest BCUT2D eigenvalue weighted by Gasteiger charge is -2.05. The van der Waals surface area contributed by atoms with Crippen LogP contribution in [-0.4, -0.2) is 27.4 Å². The van der Waals surface area contributed by atoms with Crippen molar-refractivity contribution in [2.24, 2.45) is 5.10 Å². The molecule has 0 saturated carbocycles. The topological polar surface area (TPSA) is 102 Å². The average molecular weight is 322 g/mol. The molecule has 0 aromatic heterocycles. The number of nitrogens with zero attached hydrogens (tertiary/aromatic N) is 1. The summed E-state index contributed by atoms with van der Waals surface area (Å²) in [5, 5.41) is 34.6. The number of carbonyl (C=O) groups is 1. The first-order chi connectivity index (χ1) is 11.6. The largest absolute Gasteiger partial charge is 0.508 e. The first-order valence-corrected chi connectivity index (χ1v) is 7.12. The second-order valence-corrected chi connectivity index (χ2v) is 5.12. The van der Waals surface area contributed by atoms with Gasteiger partial charge in [-0.15, -0.1) is 0 Å². The number of phenolic OH excluding ortho intramolecular Hbond substituents is 3. The molecule has 0 fully saturated rings. The van der Waals surface area contributed by atoms with E-state index in [9.17, 15) is 20.1 Å². The Balaban J connectivity index is 1.86. The molecule has 0 aliphatic rings. The summed E-state index contributed by atoms with van der Waals surface area (Å²) >= 11 is 0. The van der Waals surface area contributed by atoms with Crippen LogP contribution in [0.5, 0.6) is 17.2 Å². The van der Waals surface area contributed by atoms with E-state index in [0.29, 0.717) is 5.56 Å². The molecule has 3 rings (SSSR count). The Kier molecular flexibility index (Phi) is 4.03. The molecule has 120 valence electrons. The molecule has 0 heterocycles.